The summed E-state index contributed by atoms with van der Waals surface area (Å²) in [7, 11) is 2.24. The van der Waals surface area contributed by atoms with Crippen LogP contribution in [0.4, 0.5) is 0 Å². The van der Waals surface area contributed by atoms with Gasteiger partial charge >= 0.3 is 0 Å². The Balaban J connectivity index is 1.96. The Morgan fingerprint density at radius 3 is 2.84 bits per heavy atom. The van der Waals surface area contributed by atoms with Gasteiger partial charge in [0.15, 0.2) is 0 Å². The number of hydrogen-bond acceptors (Lipinski definition) is 2. The molecule has 1 saturated heterocycles. The summed E-state index contributed by atoms with van der Waals surface area (Å²) in [6.45, 7) is 7.08. The summed E-state index contributed by atoms with van der Waals surface area (Å²) in [5.41, 5.74) is 10.7. The first kappa shape index (κ1) is 13.2. The second kappa shape index (κ2) is 4.95. The summed E-state index contributed by atoms with van der Waals surface area (Å²) >= 11 is 0. The van der Waals surface area contributed by atoms with Crippen molar-refractivity contribution in [1.82, 2.24) is 9.47 Å². The van der Waals surface area contributed by atoms with Crippen LogP contribution in [-0.4, -0.2) is 29.6 Å². The molecule has 2 N–H and O–H groups in total. The first-order chi connectivity index (χ1) is 9.08. The van der Waals surface area contributed by atoms with Crippen LogP contribution in [0.3, 0.4) is 0 Å². The van der Waals surface area contributed by atoms with E-state index in [0.717, 1.165) is 12.3 Å². The van der Waals surface area contributed by atoms with Crippen LogP contribution in [0.25, 0.3) is 0 Å². The summed E-state index contributed by atoms with van der Waals surface area (Å²) in [5, 5.41) is 0. The molecule has 0 spiro atoms. The number of hydrogen-bond donors (Lipinski definition) is 1. The second-order valence-corrected chi connectivity index (χ2v) is 6.65. The number of fused-ring (bicyclic) bond motifs is 1. The van der Waals surface area contributed by atoms with Crippen LogP contribution in [0.15, 0.2) is 6.07 Å². The van der Waals surface area contributed by atoms with E-state index in [0.29, 0.717) is 6.04 Å². The monoisotopic (exact) mass is 261 g/mol. The van der Waals surface area contributed by atoms with Gasteiger partial charge in [0.1, 0.15) is 0 Å². The zero-order valence-electron chi connectivity index (χ0n) is 12.5. The van der Waals surface area contributed by atoms with Gasteiger partial charge in [-0.25, -0.2) is 0 Å². The van der Waals surface area contributed by atoms with Crippen molar-refractivity contribution in [2.24, 2.45) is 11.7 Å². The Hall–Kier alpha value is -0.800. The highest BCUT2D eigenvalue weighted by Gasteiger charge is 2.30. The van der Waals surface area contributed by atoms with Gasteiger partial charge in [-0.1, -0.05) is 6.92 Å². The molecule has 3 atom stereocenters. The predicted molar refractivity (Wildman–Crippen MR) is 79.4 cm³/mol. The Morgan fingerprint density at radius 1 is 1.32 bits per heavy atom. The highest BCUT2D eigenvalue weighted by atomic mass is 15.1. The van der Waals surface area contributed by atoms with Crippen molar-refractivity contribution in [1.29, 1.82) is 0 Å². The zero-order valence-corrected chi connectivity index (χ0v) is 12.5. The first-order valence-electron chi connectivity index (χ1n) is 7.72. The first-order valence-corrected chi connectivity index (χ1v) is 7.72. The normalized spacial score (nSPS) is 32.3. The van der Waals surface area contributed by atoms with Crippen molar-refractivity contribution >= 4 is 0 Å². The van der Waals surface area contributed by atoms with Gasteiger partial charge in [0.05, 0.1) is 0 Å². The zero-order chi connectivity index (χ0) is 13.6. The lowest BCUT2D eigenvalue weighted by atomic mass is 9.91. The molecule has 1 aromatic rings. The molecule has 19 heavy (non-hydrogen) atoms. The van der Waals surface area contributed by atoms with E-state index < -0.39 is 0 Å². The largest absolute Gasteiger partial charge is 0.345 e. The third-order valence-electron chi connectivity index (χ3n) is 5.09. The maximum atomic E-state index is 6.29. The Morgan fingerprint density at radius 2 is 2.11 bits per heavy atom. The minimum atomic E-state index is 0.269. The lowest BCUT2D eigenvalue weighted by molar-refractivity contribution is 0.155. The highest BCUT2D eigenvalue weighted by Crippen LogP contribution is 2.37. The van der Waals surface area contributed by atoms with Gasteiger partial charge in [-0.3, -0.25) is 0 Å². The van der Waals surface area contributed by atoms with E-state index in [1.165, 1.54) is 49.3 Å². The SMILES string of the molecule is Cc1cc2c(n1C1CCN(C)CC1C)CCCC2N. The molecular weight excluding hydrogens is 234 g/mol. The number of nitrogens with two attached hydrogens (primary N) is 1. The number of piperidine rings is 1. The smallest absolute Gasteiger partial charge is 0.0385 e. The number of rotatable bonds is 1. The summed E-state index contributed by atoms with van der Waals surface area (Å²) in [6.07, 6.45) is 4.89. The third kappa shape index (κ3) is 2.23. The van der Waals surface area contributed by atoms with E-state index >= 15 is 0 Å². The number of nitrogens with zero attached hydrogens (tertiary/aromatic N) is 2. The molecule has 0 radical (unpaired) electrons. The topological polar surface area (TPSA) is 34.2 Å². The molecule has 3 heteroatoms. The quantitative estimate of drug-likeness (QED) is 0.843. The van der Waals surface area contributed by atoms with E-state index in [4.69, 9.17) is 5.73 Å². The fraction of sp³-hybridized carbons (Fsp3) is 0.750. The molecule has 1 aliphatic carbocycles. The van der Waals surface area contributed by atoms with E-state index in [1.54, 1.807) is 0 Å². The van der Waals surface area contributed by atoms with Crippen molar-refractivity contribution < 1.29 is 0 Å². The van der Waals surface area contributed by atoms with Gasteiger partial charge in [0, 0.05) is 30.0 Å². The molecule has 2 heterocycles. The average Bonchev–Trinajstić information content (AvgIpc) is 2.68. The summed E-state index contributed by atoms with van der Waals surface area (Å²) in [4.78, 5) is 2.46. The Labute approximate surface area is 116 Å². The van der Waals surface area contributed by atoms with Crippen molar-refractivity contribution in [3.05, 3.63) is 23.0 Å². The van der Waals surface area contributed by atoms with Crippen LogP contribution < -0.4 is 5.73 Å². The van der Waals surface area contributed by atoms with Crippen LogP contribution in [0.2, 0.25) is 0 Å². The van der Waals surface area contributed by atoms with Crippen molar-refractivity contribution in [2.45, 2.75) is 51.6 Å². The molecule has 0 amide bonds. The molecule has 3 unspecified atom stereocenters. The van der Waals surface area contributed by atoms with Gasteiger partial charge in [-0.05, 0) is 63.7 Å². The van der Waals surface area contributed by atoms with E-state index in [9.17, 15) is 0 Å². The molecule has 1 aliphatic heterocycles. The fourth-order valence-corrected chi connectivity index (χ4v) is 4.15. The van der Waals surface area contributed by atoms with Gasteiger partial charge in [-0.2, -0.15) is 0 Å². The van der Waals surface area contributed by atoms with Gasteiger partial charge < -0.3 is 15.2 Å². The third-order valence-corrected chi connectivity index (χ3v) is 5.09. The van der Waals surface area contributed by atoms with Gasteiger partial charge in [0.2, 0.25) is 0 Å². The molecule has 0 bridgehead atoms. The highest BCUT2D eigenvalue weighted by molar-refractivity contribution is 5.33. The van der Waals surface area contributed by atoms with Crippen LogP contribution >= 0.6 is 0 Å². The Bertz CT molecular complexity index is 463. The van der Waals surface area contributed by atoms with Crippen LogP contribution in [0.1, 0.15) is 55.2 Å². The molecule has 0 aromatic carbocycles. The summed E-state index contributed by atoms with van der Waals surface area (Å²) in [6, 6.07) is 3.29. The van der Waals surface area contributed by atoms with Crippen molar-refractivity contribution in [3.8, 4) is 0 Å². The minimum Gasteiger partial charge on any atom is -0.345 e. The standard InChI is InChI=1S/C16H27N3/c1-11-10-18(3)8-7-15(11)19-12(2)9-13-14(17)5-4-6-16(13)19/h9,11,14-15H,4-8,10,17H2,1-3H3. The summed E-state index contributed by atoms with van der Waals surface area (Å²) in [5.74, 6) is 0.729. The molecular formula is C16H27N3. The number of aromatic nitrogens is 1. The number of likely N-dealkylation sites (tertiary alicyclic amines) is 1. The van der Waals surface area contributed by atoms with Gasteiger partial charge in [0.25, 0.3) is 0 Å². The lowest BCUT2D eigenvalue weighted by Gasteiger charge is -2.38. The second-order valence-electron chi connectivity index (χ2n) is 6.65. The fourth-order valence-electron chi connectivity index (χ4n) is 4.15. The maximum absolute atomic E-state index is 6.29. The number of aryl methyl sites for hydroxylation is 1. The molecule has 3 rings (SSSR count). The molecule has 3 nitrogen and oxygen atoms in total. The van der Waals surface area contributed by atoms with Crippen LogP contribution in [0.5, 0.6) is 0 Å². The summed E-state index contributed by atoms with van der Waals surface area (Å²) < 4.78 is 2.63. The molecule has 1 fully saturated rings. The molecule has 2 aliphatic rings. The predicted octanol–water partition coefficient (Wildman–Crippen LogP) is 2.65. The van der Waals surface area contributed by atoms with Gasteiger partial charge in [-0.15, -0.1) is 0 Å². The molecule has 0 saturated carbocycles. The average molecular weight is 261 g/mol. The van der Waals surface area contributed by atoms with Crippen molar-refractivity contribution in [3.63, 3.8) is 0 Å². The van der Waals surface area contributed by atoms with Crippen LogP contribution in [-0.2, 0) is 6.42 Å². The Kier molecular flexibility index (Phi) is 3.44. The minimum absolute atomic E-state index is 0.269. The lowest BCUT2D eigenvalue weighted by Crippen LogP contribution is -2.38. The van der Waals surface area contributed by atoms with E-state index in [2.05, 4.69) is 36.4 Å². The van der Waals surface area contributed by atoms with Crippen LogP contribution in [0, 0.1) is 12.8 Å². The maximum Gasteiger partial charge on any atom is 0.0385 e. The molecule has 106 valence electrons. The van der Waals surface area contributed by atoms with E-state index in [-0.39, 0.29) is 6.04 Å². The van der Waals surface area contributed by atoms with E-state index in [1.807, 2.05) is 0 Å². The van der Waals surface area contributed by atoms with Crippen molar-refractivity contribution in [2.75, 3.05) is 20.1 Å². The molecule has 1 aromatic heterocycles.